The van der Waals surface area contributed by atoms with Crippen molar-refractivity contribution in [2.45, 2.75) is 32.1 Å². The Kier molecular flexibility index (Phi) is 6.86. The third-order valence-electron chi connectivity index (χ3n) is 8.70. The Morgan fingerprint density at radius 1 is 0.634 bits per heavy atom. The van der Waals surface area contributed by atoms with Gasteiger partial charge in [0.2, 0.25) is 0 Å². The van der Waals surface area contributed by atoms with Crippen molar-refractivity contribution in [2.75, 3.05) is 28.4 Å². The summed E-state index contributed by atoms with van der Waals surface area (Å²) >= 11 is 0. The molecule has 0 amide bonds. The second-order valence-electron chi connectivity index (χ2n) is 10.8. The molecule has 2 aliphatic carbocycles. The van der Waals surface area contributed by atoms with E-state index in [1.54, 1.807) is 28.4 Å². The van der Waals surface area contributed by atoms with E-state index in [0.29, 0.717) is 23.0 Å². The van der Waals surface area contributed by atoms with E-state index in [1.165, 1.54) is 44.5 Å². The molecule has 0 atom stereocenters. The van der Waals surface area contributed by atoms with Crippen LogP contribution >= 0.6 is 0 Å². The van der Waals surface area contributed by atoms with Crippen molar-refractivity contribution < 1.29 is 18.9 Å². The van der Waals surface area contributed by atoms with Crippen molar-refractivity contribution in [1.29, 1.82) is 0 Å². The highest BCUT2D eigenvalue weighted by atomic mass is 16.5. The maximum atomic E-state index is 5.87. The molecule has 6 rings (SSSR count). The summed E-state index contributed by atoms with van der Waals surface area (Å²) in [6.45, 7) is 4.41. The average molecular weight is 545 g/mol. The third kappa shape index (κ3) is 4.12. The maximum Gasteiger partial charge on any atom is 0.161 e. The molecule has 0 spiro atoms. The molecule has 0 N–H and O–H groups in total. The zero-order valence-corrected chi connectivity index (χ0v) is 24.6. The number of ether oxygens (including phenoxy) is 4. The van der Waals surface area contributed by atoms with Gasteiger partial charge in [-0.15, -0.1) is 0 Å². The van der Waals surface area contributed by atoms with E-state index in [0.717, 1.165) is 24.0 Å². The first-order valence-electron chi connectivity index (χ1n) is 14.0. The van der Waals surface area contributed by atoms with Gasteiger partial charge in [-0.1, -0.05) is 66.3 Å². The van der Waals surface area contributed by atoms with Gasteiger partial charge in [-0.25, -0.2) is 0 Å². The van der Waals surface area contributed by atoms with Crippen LogP contribution in [0, 0.1) is 13.8 Å². The number of hydrogen-bond donors (Lipinski definition) is 0. The highest BCUT2D eigenvalue weighted by Crippen LogP contribution is 2.55. The number of hydrogen-bond acceptors (Lipinski definition) is 4. The zero-order valence-electron chi connectivity index (χ0n) is 24.6. The molecule has 0 aliphatic heterocycles. The summed E-state index contributed by atoms with van der Waals surface area (Å²) in [4.78, 5) is 0. The lowest BCUT2D eigenvalue weighted by atomic mass is 9.61. The van der Waals surface area contributed by atoms with Crippen molar-refractivity contribution in [2.24, 2.45) is 0 Å². The highest BCUT2D eigenvalue weighted by Gasteiger charge is 2.45. The van der Waals surface area contributed by atoms with Gasteiger partial charge in [0.15, 0.2) is 23.0 Å². The molecule has 4 aromatic rings. The van der Waals surface area contributed by atoms with Gasteiger partial charge in [0.05, 0.1) is 33.9 Å². The molecule has 2 aliphatic rings. The van der Waals surface area contributed by atoms with Crippen molar-refractivity contribution in [1.82, 2.24) is 0 Å². The van der Waals surface area contributed by atoms with Gasteiger partial charge < -0.3 is 18.9 Å². The molecule has 0 saturated heterocycles. The molecule has 0 heterocycles. The lowest BCUT2D eigenvalue weighted by molar-refractivity contribution is 0.353. The largest absolute Gasteiger partial charge is 0.493 e. The quantitative estimate of drug-likeness (QED) is 0.185. The summed E-state index contributed by atoms with van der Waals surface area (Å²) in [5, 5.41) is 0. The first-order chi connectivity index (χ1) is 20.0. The Balaban J connectivity index is 1.75. The van der Waals surface area contributed by atoms with Crippen LogP contribution in [0.2, 0.25) is 0 Å². The lowest BCUT2D eigenvalue weighted by Gasteiger charge is -2.40. The van der Waals surface area contributed by atoms with Gasteiger partial charge in [0.1, 0.15) is 0 Å². The maximum absolute atomic E-state index is 5.87. The topological polar surface area (TPSA) is 36.9 Å². The summed E-state index contributed by atoms with van der Waals surface area (Å²) in [6, 6.07) is 24.1. The SMILES string of the molecule is COc1ccc(C(C2=CC=CC2)(c2ccc(OC)c(OC)c2)c2c(C)ccc3c2Cc2cc(C)ccc2-3)cc1OC. The molecular weight excluding hydrogens is 508 g/mol. The summed E-state index contributed by atoms with van der Waals surface area (Å²) in [5.41, 5.74) is 12.1. The minimum atomic E-state index is -0.630. The van der Waals surface area contributed by atoms with Crippen molar-refractivity contribution in [3.8, 4) is 34.1 Å². The molecule has 41 heavy (non-hydrogen) atoms. The number of benzene rings is 4. The fourth-order valence-corrected chi connectivity index (χ4v) is 6.90. The van der Waals surface area contributed by atoms with Crippen LogP contribution in [0.15, 0.2) is 90.5 Å². The van der Waals surface area contributed by atoms with Crippen LogP contribution in [0.25, 0.3) is 11.1 Å². The second-order valence-corrected chi connectivity index (χ2v) is 10.8. The van der Waals surface area contributed by atoms with Crippen molar-refractivity contribution >= 4 is 0 Å². The van der Waals surface area contributed by atoms with E-state index < -0.39 is 5.41 Å². The average Bonchev–Trinajstić information content (AvgIpc) is 3.66. The van der Waals surface area contributed by atoms with Gasteiger partial charge in [0, 0.05) is 0 Å². The molecule has 4 aromatic carbocycles. The van der Waals surface area contributed by atoms with Gasteiger partial charge in [-0.05, 0) is 101 Å². The monoisotopic (exact) mass is 544 g/mol. The molecule has 0 unspecified atom stereocenters. The van der Waals surface area contributed by atoms with Gasteiger partial charge >= 0.3 is 0 Å². The first-order valence-corrected chi connectivity index (χ1v) is 14.0. The standard InChI is InChI=1S/C37H36O4/c1-23-11-15-29-25(19-23)20-31-30(29)16-12-24(2)36(31)37(26-9-7-8-10-26,27-13-17-32(38-3)34(21-27)40-5)28-14-18-33(39-4)35(22-28)41-6/h7-9,11-19,21-22H,10,20H2,1-6H3. The lowest BCUT2D eigenvalue weighted by Crippen LogP contribution is -2.34. The fraction of sp³-hybridized carbons (Fsp3) is 0.243. The molecular formula is C37H36O4. The molecule has 0 bridgehead atoms. The summed E-state index contributed by atoms with van der Waals surface area (Å²) < 4.78 is 23.1. The Morgan fingerprint density at radius 3 is 1.80 bits per heavy atom. The van der Waals surface area contributed by atoms with Crippen LogP contribution in [0.1, 0.15) is 45.4 Å². The Morgan fingerprint density at radius 2 is 1.24 bits per heavy atom. The number of aryl methyl sites for hydroxylation is 2. The third-order valence-corrected chi connectivity index (χ3v) is 8.70. The zero-order chi connectivity index (χ0) is 28.7. The van der Waals surface area contributed by atoms with Crippen LogP contribution in [0.5, 0.6) is 23.0 Å². The minimum absolute atomic E-state index is 0.630. The normalized spacial score (nSPS) is 13.5. The molecule has 0 saturated carbocycles. The van der Waals surface area contributed by atoms with Crippen LogP contribution in [0.4, 0.5) is 0 Å². The molecule has 4 heteroatoms. The predicted molar refractivity (Wildman–Crippen MR) is 165 cm³/mol. The minimum Gasteiger partial charge on any atom is -0.493 e. The smallest absolute Gasteiger partial charge is 0.161 e. The van der Waals surface area contributed by atoms with Gasteiger partial charge in [-0.3, -0.25) is 0 Å². The van der Waals surface area contributed by atoms with Crippen LogP contribution < -0.4 is 18.9 Å². The van der Waals surface area contributed by atoms with E-state index in [9.17, 15) is 0 Å². The number of fused-ring (bicyclic) bond motifs is 3. The summed E-state index contributed by atoms with van der Waals surface area (Å²) in [7, 11) is 6.74. The van der Waals surface area contributed by atoms with E-state index in [1.807, 2.05) is 12.1 Å². The van der Waals surface area contributed by atoms with Crippen LogP contribution in [0.3, 0.4) is 0 Å². The second kappa shape index (κ2) is 10.5. The summed E-state index contributed by atoms with van der Waals surface area (Å²) in [5.74, 6) is 2.80. The van der Waals surface area contributed by atoms with Crippen molar-refractivity contribution in [3.63, 3.8) is 0 Å². The molecule has 208 valence electrons. The first kappa shape index (κ1) is 26.8. The van der Waals surface area contributed by atoms with E-state index in [-0.39, 0.29) is 0 Å². The number of methoxy groups -OCH3 is 4. The fourth-order valence-electron chi connectivity index (χ4n) is 6.90. The predicted octanol–water partition coefficient (Wildman–Crippen LogP) is 8.13. The van der Waals surface area contributed by atoms with Gasteiger partial charge in [0.25, 0.3) is 0 Å². The van der Waals surface area contributed by atoms with Crippen LogP contribution in [-0.4, -0.2) is 28.4 Å². The molecule has 0 aromatic heterocycles. The van der Waals surface area contributed by atoms with Gasteiger partial charge in [-0.2, -0.15) is 0 Å². The van der Waals surface area contributed by atoms with E-state index in [2.05, 4.69) is 86.7 Å². The summed E-state index contributed by atoms with van der Waals surface area (Å²) in [6.07, 6.45) is 8.40. The number of rotatable bonds is 8. The van der Waals surface area contributed by atoms with Crippen molar-refractivity contribution in [3.05, 3.63) is 129 Å². The Hall–Kier alpha value is -4.44. The van der Waals surface area contributed by atoms with E-state index >= 15 is 0 Å². The van der Waals surface area contributed by atoms with E-state index in [4.69, 9.17) is 18.9 Å². The molecule has 4 nitrogen and oxygen atoms in total. The highest BCUT2D eigenvalue weighted by molar-refractivity contribution is 5.82. The Labute approximate surface area is 242 Å². The molecule has 0 fully saturated rings. The molecule has 0 radical (unpaired) electrons. The number of allylic oxidation sites excluding steroid dienone is 4. The Bertz CT molecular complexity index is 1650. The van der Waals surface area contributed by atoms with Crippen LogP contribution in [-0.2, 0) is 11.8 Å².